The van der Waals surface area contributed by atoms with Crippen LogP contribution in [0.4, 0.5) is 0 Å². The number of rotatable bonds is 4. The topological polar surface area (TPSA) is 71.2 Å². The Hall–Kier alpha value is -2.14. The Morgan fingerprint density at radius 2 is 2.05 bits per heavy atom. The van der Waals surface area contributed by atoms with Crippen molar-refractivity contribution in [3.8, 4) is 0 Å². The van der Waals surface area contributed by atoms with Crippen molar-refractivity contribution >= 4 is 16.7 Å². The van der Waals surface area contributed by atoms with Gasteiger partial charge in [0.05, 0.1) is 11.2 Å². The van der Waals surface area contributed by atoms with Gasteiger partial charge in [0.2, 0.25) is 0 Å². The number of H-pyrrole nitrogens is 1. The molecule has 1 aliphatic rings. The van der Waals surface area contributed by atoms with Crippen LogP contribution >= 0.6 is 0 Å². The molecule has 1 aromatic heterocycles. The monoisotopic (exact) mass is 286 g/mol. The van der Waals surface area contributed by atoms with Crippen molar-refractivity contribution in [1.82, 2.24) is 10.3 Å². The lowest BCUT2D eigenvalue weighted by molar-refractivity contribution is -0.0679. The van der Waals surface area contributed by atoms with Crippen molar-refractivity contribution < 1.29 is 9.53 Å². The number of pyridine rings is 1. The maximum Gasteiger partial charge on any atom is 0.255 e. The fourth-order valence-corrected chi connectivity index (χ4v) is 2.76. The summed E-state index contributed by atoms with van der Waals surface area (Å²) < 4.78 is 5.49. The number of fused-ring (bicyclic) bond motifs is 1. The van der Waals surface area contributed by atoms with E-state index in [1.54, 1.807) is 25.3 Å². The minimum absolute atomic E-state index is 0.186. The molecule has 3 rings (SSSR count). The predicted molar refractivity (Wildman–Crippen MR) is 80.5 cm³/mol. The van der Waals surface area contributed by atoms with E-state index >= 15 is 0 Å². The van der Waals surface area contributed by atoms with Gasteiger partial charge in [-0.05, 0) is 25.3 Å². The number of methoxy groups -OCH3 is 1. The molecule has 2 aromatic rings. The molecule has 1 heterocycles. The quantitative estimate of drug-likeness (QED) is 0.900. The number of carbonyl (C=O) groups is 1. The predicted octanol–water partition coefficient (Wildman–Crippen LogP) is 1.83. The fourth-order valence-electron chi connectivity index (χ4n) is 2.76. The van der Waals surface area contributed by atoms with Gasteiger partial charge in [0, 0.05) is 30.6 Å². The molecule has 0 spiro atoms. The van der Waals surface area contributed by atoms with Crippen molar-refractivity contribution in [2.45, 2.75) is 24.9 Å². The summed E-state index contributed by atoms with van der Waals surface area (Å²) in [5.41, 5.74) is 0.0819. The summed E-state index contributed by atoms with van der Waals surface area (Å²) in [5.74, 6) is -0.189. The lowest BCUT2D eigenvalue weighted by atomic mass is 9.80. The van der Waals surface area contributed by atoms with Crippen LogP contribution in [-0.2, 0) is 4.74 Å². The Labute approximate surface area is 122 Å². The molecule has 1 fully saturated rings. The van der Waals surface area contributed by atoms with Gasteiger partial charge in [0.1, 0.15) is 0 Å². The third-order valence-corrected chi connectivity index (χ3v) is 4.32. The number of hydrogen-bond donors (Lipinski definition) is 2. The van der Waals surface area contributed by atoms with E-state index in [1.807, 2.05) is 6.07 Å². The summed E-state index contributed by atoms with van der Waals surface area (Å²) in [6.45, 7) is 0.496. The number of aromatic amines is 1. The number of carbonyl (C=O) groups excluding carboxylic acids is 1. The van der Waals surface area contributed by atoms with Crippen LogP contribution in [0, 0.1) is 0 Å². The molecule has 0 unspecified atom stereocenters. The second-order valence-corrected chi connectivity index (χ2v) is 5.50. The van der Waals surface area contributed by atoms with E-state index in [2.05, 4.69) is 10.3 Å². The lowest BCUT2D eigenvalue weighted by Crippen LogP contribution is -2.49. The van der Waals surface area contributed by atoms with E-state index in [1.165, 1.54) is 6.20 Å². The Morgan fingerprint density at radius 3 is 2.67 bits per heavy atom. The molecule has 110 valence electrons. The number of amides is 1. The highest BCUT2D eigenvalue weighted by Gasteiger charge is 2.37. The number of hydrogen-bond acceptors (Lipinski definition) is 3. The zero-order valence-electron chi connectivity index (χ0n) is 11.9. The van der Waals surface area contributed by atoms with Gasteiger partial charge >= 0.3 is 0 Å². The van der Waals surface area contributed by atoms with Crippen LogP contribution in [0.15, 0.2) is 35.3 Å². The smallest absolute Gasteiger partial charge is 0.255 e. The van der Waals surface area contributed by atoms with Crippen LogP contribution in [-0.4, -0.2) is 30.1 Å². The molecule has 1 saturated carbocycles. The van der Waals surface area contributed by atoms with Crippen LogP contribution in [0.5, 0.6) is 0 Å². The van der Waals surface area contributed by atoms with Crippen molar-refractivity contribution in [3.05, 3.63) is 46.4 Å². The van der Waals surface area contributed by atoms with Gasteiger partial charge in [-0.15, -0.1) is 0 Å². The van der Waals surface area contributed by atoms with Crippen LogP contribution in [0.25, 0.3) is 10.8 Å². The molecule has 5 nitrogen and oxygen atoms in total. The van der Waals surface area contributed by atoms with Crippen LogP contribution in [0.2, 0.25) is 0 Å². The molecule has 0 atom stereocenters. The number of nitrogens with one attached hydrogen (secondary N) is 2. The second-order valence-electron chi connectivity index (χ2n) is 5.50. The van der Waals surface area contributed by atoms with E-state index in [4.69, 9.17) is 4.74 Å². The van der Waals surface area contributed by atoms with Gasteiger partial charge < -0.3 is 15.0 Å². The SMILES string of the molecule is COC1(CNC(=O)c2c[nH]c(=O)c3ccccc23)CCC1. The molecule has 5 heteroatoms. The maximum absolute atomic E-state index is 12.4. The first-order chi connectivity index (χ1) is 10.2. The first-order valence-corrected chi connectivity index (χ1v) is 7.09. The summed E-state index contributed by atoms with van der Waals surface area (Å²) in [5, 5.41) is 4.11. The average molecular weight is 286 g/mol. The van der Waals surface area contributed by atoms with Gasteiger partial charge in [-0.2, -0.15) is 0 Å². The molecule has 1 aliphatic carbocycles. The van der Waals surface area contributed by atoms with Crippen molar-refractivity contribution in [1.29, 1.82) is 0 Å². The van der Waals surface area contributed by atoms with Gasteiger partial charge in [0.15, 0.2) is 0 Å². The zero-order chi connectivity index (χ0) is 14.9. The van der Waals surface area contributed by atoms with Gasteiger partial charge in [-0.3, -0.25) is 9.59 Å². The van der Waals surface area contributed by atoms with Crippen LogP contribution in [0.3, 0.4) is 0 Å². The summed E-state index contributed by atoms with van der Waals surface area (Å²) in [7, 11) is 1.68. The normalized spacial score (nSPS) is 16.4. The first-order valence-electron chi connectivity index (χ1n) is 7.09. The van der Waals surface area contributed by atoms with E-state index < -0.39 is 0 Å². The van der Waals surface area contributed by atoms with E-state index in [9.17, 15) is 9.59 Å². The highest BCUT2D eigenvalue weighted by molar-refractivity contribution is 6.06. The molecule has 1 amide bonds. The summed E-state index contributed by atoms with van der Waals surface area (Å²) in [6, 6.07) is 7.11. The van der Waals surface area contributed by atoms with E-state index in [0.29, 0.717) is 22.9 Å². The summed E-state index contributed by atoms with van der Waals surface area (Å²) in [6.07, 6.45) is 4.54. The third kappa shape index (κ3) is 2.45. The molecule has 0 bridgehead atoms. The van der Waals surface area contributed by atoms with E-state index in [-0.39, 0.29) is 17.1 Å². The van der Waals surface area contributed by atoms with Crippen LogP contribution < -0.4 is 10.9 Å². The lowest BCUT2D eigenvalue weighted by Gasteiger charge is -2.40. The Morgan fingerprint density at radius 1 is 1.33 bits per heavy atom. The molecule has 0 saturated heterocycles. The molecule has 0 radical (unpaired) electrons. The van der Waals surface area contributed by atoms with Crippen LogP contribution in [0.1, 0.15) is 29.6 Å². The Kier molecular flexibility index (Phi) is 3.51. The zero-order valence-corrected chi connectivity index (χ0v) is 11.9. The molecular weight excluding hydrogens is 268 g/mol. The van der Waals surface area contributed by atoms with Gasteiger partial charge in [-0.25, -0.2) is 0 Å². The highest BCUT2D eigenvalue weighted by atomic mass is 16.5. The third-order valence-electron chi connectivity index (χ3n) is 4.32. The number of benzene rings is 1. The standard InChI is InChI=1S/C16H18N2O3/c1-21-16(7-4-8-16)10-18-15(20)13-9-17-14(19)12-6-3-2-5-11(12)13/h2-3,5-6,9H,4,7-8,10H2,1H3,(H,17,19)(H,18,20). The minimum atomic E-state index is -0.215. The van der Waals surface area contributed by atoms with Gasteiger partial charge in [-0.1, -0.05) is 18.2 Å². The molecule has 1 aromatic carbocycles. The first kappa shape index (κ1) is 13.8. The van der Waals surface area contributed by atoms with Crippen molar-refractivity contribution in [3.63, 3.8) is 0 Å². The molecule has 21 heavy (non-hydrogen) atoms. The average Bonchev–Trinajstić information content (AvgIpc) is 2.47. The van der Waals surface area contributed by atoms with Crippen molar-refractivity contribution in [2.24, 2.45) is 0 Å². The second kappa shape index (κ2) is 5.33. The molecule has 0 aliphatic heterocycles. The van der Waals surface area contributed by atoms with Gasteiger partial charge in [0.25, 0.3) is 11.5 Å². The highest BCUT2D eigenvalue weighted by Crippen LogP contribution is 2.34. The number of aromatic nitrogens is 1. The minimum Gasteiger partial charge on any atom is -0.376 e. The van der Waals surface area contributed by atoms with Crippen molar-refractivity contribution in [2.75, 3.05) is 13.7 Å². The maximum atomic E-state index is 12.4. The Balaban J connectivity index is 1.85. The Bertz CT molecular complexity index is 726. The molecule has 2 N–H and O–H groups in total. The molecular formula is C16H18N2O3. The largest absolute Gasteiger partial charge is 0.376 e. The van der Waals surface area contributed by atoms with E-state index in [0.717, 1.165) is 19.3 Å². The summed E-state index contributed by atoms with van der Waals surface area (Å²) in [4.78, 5) is 26.8. The fraction of sp³-hybridized carbons (Fsp3) is 0.375. The summed E-state index contributed by atoms with van der Waals surface area (Å²) >= 11 is 0. The number of ether oxygens (including phenoxy) is 1.